The summed E-state index contributed by atoms with van der Waals surface area (Å²) < 4.78 is 0. The molecule has 0 aliphatic carbocycles. The number of rotatable bonds is 2. The van der Waals surface area contributed by atoms with Crippen LogP contribution in [0.4, 0.5) is 5.69 Å². The van der Waals surface area contributed by atoms with E-state index in [9.17, 15) is 4.79 Å². The first-order chi connectivity index (χ1) is 7.68. The molecule has 0 unspecified atom stereocenters. The van der Waals surface area contributed by atoms with Crippen LogP contribution in [0.2, 0.25) is 5.02 Å². The van der Waals surface area contributed by atoms with Crippen LogP contribution >= 0.6 is 23.4 Å². The topological polar surface area (TPSA) is 20.3 Å². The van der Waals surface area contributed by atoms with Crippen LogP contribution in [-0.2, 0) is 0 Å². The summed E-state index contributed by atoms with van der Waals surface area (Å²) in [4.78, 5) is 13.5. The van der Waals surface area contributed by atoms with E-state index in [1.165, 1.54) is 0 Å². The van der Waals surface area contributed by atoms with E-state index in [4.69, 9.17) is 11.6 Å². The van der Waals surface area contributed by atoms with Crippen molar-refractivity contribution in [3.8, 4) is 0 Å². The number of anilines is 1. The highest BCUT2D eigenvalue weighted by Gasteiger charge is 2.14. The summed E-state index contributed by atoms with van der Waals surface area (Å²) in [6.45, 7) is 3.62. The maximum absolute atomic E-state index is 11.2. The zero-order valence-electron chi connectivity index (χ0n) is 9.20. The van der Waals surface area contributed by atoms with Crippen LogP contribution in [0.5, 0.6) is 0 Å². The summed E-state index contributed by atoms with van der Waals surface area (Å²) in [6.07, 6.45) is 0. The Balaban J connectivity index is 2.24. The second-order valence-electron chi connectivity index (χ2n) is 3.82. The third-order valence-corrected chi connectivity index (χ3v) is 3.95. The van der Waals surface area contributed by atoms with Gasteiger partial charge < -0.3 is 4.90 Å². The van der Waals surface area contributed by atoms with Gasteiger partial charge >= 0.3 is 0 Å². The molecule has 0 N–H and O–H groups in total. The predicted molar refractivity (Wildman–Crippen MR) is 71.0 cm³/mol. The number of carbonyl (C=O) groups is 1. The normalized spacial score (nSPS) is 16.2. The van der Waals surface area contributed by atoms with Gasteiger partial charge in [-0.3, -0.25) is 4.79 Å². The highest BCUT2D eigenvalue weighted by molar-refractivity contribution is 7.99. The first-order valence-corrected chi connectivity index (χ1v) is 6.85. The van der Waals surface area contributed by atoms with Gasteiger partial charge in [0.25, 0.3) is 0 Å². The Morgan fingerprint density at radius 2 is 2.06 bits per heavy atom. The molecule has 0 spiro atoms. The average molecular weight is 256 g/mol. The van der Waals surface area contributed by atoms with Gasteiger partial charge in [0.05, 0.1) is 10.7 Å². The van der Waals surface area contributed by atoms with E-state index in [-0.39, 0.29) is 5.78 Å². The Morgan fingerprint density at radius 3 is 2.62 bits per heavy atom. The summed E-state index contributed by atoms with van der Waals surface area (Å²) in [7, 11) is 0. The summed E-state index contributed by atoms with van der Waals surface area (Å²) in [5.41, 5.74) is 1.73. The van der Waals surface area contributed by atoms with Gasteiger partial charge in [-0.25, -0.2) is 0 Å². The molecule has 1 heterocycles. The molecule has 2 nitrogen and oxygen atoms in total. The van der Waals surface area contributed by atoms with Crippen molar-refractivity contribution in [2.75, 3.05) is 29.5 Å². The molecular weight excluding hydrogens is 242 g/mol. The van der Waals surface area contributed by atoms with Crippen LogP contribution in [0.1, 0.15) is 17.3 Å². The molecule has 0 amide bonds. The molecule has 1 fully saturated rings. The number of carbonyl (C=O) groups excluding carboxylic acids is 1. The molecule has 0 bridgehead atoms. The monoisotopic (exact) mass is 255 g/mol. The van der Waals surface area contributed by atoms with E-state index in [0.717, 1.165) is 30.3 Å². The third kappa shape index (κ3) is 2.53. The number of Topliss-reactive ketones (excluding diaryl/α,β-unsaturated/α-hetero) is 1. The molecule has 1 saturated heterocycles. The van der Waals surface area contributed by atoms with Crippen LogP contribution in [0.15, 0.2) is 18.2 Å². The molecule has 16 heavy (non-hydrogen) atoms. The number of ketones is 1. The van der Waals surface area contributed by atoms with Gasteiger partial charge in [-0.05, 0) is 25.1 Å². The molecule has 2 rings (SSSR count). The summed E-state index contributed by atoms with van der Waals surface area (Å²) in [5.74, 6) is 2.35. The lowest BCUT2D eigenvalue weighted by atomic mass is 10.1. The van der Waals surface area contributed by atoms with Crippen LogP contribution in [-0.4, -0.2) is 30.4 Å². The van der Waals surface area contributed by atoms with Crippen molar-refractivity contribution < 1.29 is 4.79 Å². The first kappa shape index (κ1) is 11.8. The van der Waals surface area contributed by atoms with Crippen molar-refractivity contribution >= 4 is 34.8 Å². The van der Waals surface area contributed by atoms with Crippen molar-refractivity contribution in [2.45, 2.75) is 6.92 Å². The lowest BCUT2D eigenvalue weighted by molar-refractivity contribution is 0.101. The number of benzene rings is 1. The van der Waals surface area contributed by atoms with Crippen molar-refractivity contribution in [3.05, 3.63) is 28.8 Å². The fraction of sp³-hybridized carbons (Fsp3) is 0.417. The molecule has 1 aromatic carbocycles. The van der Waals surface area contributed by atoms with Crippen molar-refractivity contribution in [2.24, 2.45) is 0 Å². The fourth-order valence-electron chi connectivity index (χ4n) is 1.79. The number of hydrogen-bond acceptors (Lipinski definition) is 3. The highest BCUT2D eigenvalue weighted by Crippen LogP contribution is 2.28. The van der Waals surface area contributed by atoms with E-state index in [1.807, 2.05) is 23.9 Å². The minimum Gasteiger partial charge on any atom is -0.369 e. The maximum atomic E-state index is 11.2. The Hall–Kier alpha value is -0.670. The van der Waals surface area contributed by atoms with Gasteiger partial charge in [-0.1, -0.05) is 11.6 Å². The van der Waals surface area contributed by atoms with E-state index in [1.54, 1.807) is 13.0 Å². The lowest BCUT2D eigenvalue weighted by Crippen LogP contribution is -2.32. The van der Waals surface area contributed by atoms with Crippen molar-refractivity contribution in [3.63, 3.8) is 0 Å². The Bertz CT molecular complexity index is 402. The molecule has 0 saturated carbocycles. The largest absolute Gasteiger partial charge is 0.369 e. The summed E-state index contributed by atoms with van der Waals surface area (Å²) >= 11 is 8.17. The average Bonchev–Trinajstić information content (AvgIpc) is 2.30. The Labute approximate surface area is 105 Å². The van der Waals surface area contributed by atoms with Crippen LogP contribution < -0.4 is 4.90 Å². The van der Waals surface area contributed by atoms with Crippen LogP contribution in [0, 0.1) is 0 Å². The minimum atomic E-state index is 0.0580. The molecule has 0 atom stereocenters. The van der Waals surface area contributed by atoms with Gasteiger partial charge in [0.1, 0.15) is 0 Å². The van der Waals surface area contributed by atoms with Gasteiger partial charge in [-0.2, -0.15) is 11.8 Å². The van der Waals surface area contributed by atoms with E-state index < -0.39 is 0 Å². The van der Waals surface area contributed by atoms with Gasteiger partial charge in [0.15, 0.2) is 5.78 Å². The van der Waals surface area contributed by atoms with Crippen molar-refractivity contribution in [1.29, 1.82) is 0 Å². The standard InChI is InChI=1S/C12H14ClNOS/c1-9(15)10-2-3-12(11(13)8-10)14-4-6-16-7-5-14/h2-3,8H,4-7H2,1H3. The second kappa shape index (κ2) is 5.11. The van der Waals surface area contributed by atoms with Gasteiger partial charge in [0, 0.05) is 30.2 Å². The van der Waals surface area contributed by atoms with E-state index in [2.05, 4.69) is 4.90 Å². The second-order valence-corrected chi connectivity index (χ2v) is 5.45. The molecule has 1 aliphatic heterocycles. The fourth-order valence-corrected chi connectivity index (χ4v) is 2.99. The summed E-state index contributed by atoms with van der Waals surface area (Å²) in [5, 5.41) is 0.680. The lowest BCUT2D eigenvalue weighted by Gasteiger charge is -2.29. The quantitative estimate of drug-likeness (QED) is 0.758. The van der Waals surface area contributed by atoms with Crippen molar-refractivity contribution in [1.82, 2.24) is 0 Å². The van der Waals surface area contributed by atoms with Gasteiger partial charge in [-0.15, -0.1) is 0 Å². The third-order valence-electron chi connectivity index (χ3n) is 2.71. The van der Waals surface area contributed by atoms with Crippen LogP contribution in [0.3, 0.4) is 0 Å². The van der Waals surface area contributed by atoms with Crippen LogP contribution in [0.25, 0.3) is 0 Å². The first-order valence-electron chi connectivity index (χ1n) is 5.31. The Kier molecular flexibility index (Phi) is 3.77. The van der Waals surface area contributed by atoms with E-state index in [0.29, 0.717) is 10.6 Å². The minimum absolute atomic E-state index is 0.0580. The highest BCUT2D eigenvalue weighted by atomic mass is 35.5. The Morgan fingerprint density at radius 1 is 1.38 bits per heavy atom. The number of nitrogens with zero attached hydrogens (tertiary/aromatic N) is 1. The smallest absolute Gasteiger partial charge is 0.159 e. The molecule has 86 valence electrons. The SMILES string of the molecule is CC(=O)c1ccc(N2CCSCC2)c(Cl)c1. The number of halogens is 1. The molecule has 0 aromatic heterocycles. The molecule has 1 aliphatic rings. The predicted octanol–water partition coefficient (Wildman–Crippen LogP) is 3.10. The number of hydrogen-bond donors (Lipinski definition) is 0. The van der Waals surface area contributed by atoms with E-state index >= 15 is 0 Å². The molecule has 4 heteroatoms. The van der Waals surface area contributed by atoms with Gasteiger partial charge in [0.2, 0.25) is 0 Å². The zero-order chi connectivity index (χ0) is 11.5. The maximum Gasteiger partial charge on any atom is 0.159 e. The number of thioether (sulfide) groups is 1. The molecular formula is C12H14ClNOS. The summed E-state index contributed by atoms with van der Waals surface area (Å²) in [6, 6.07) is 5.57. The zero-order valence-corrected chi connectivity index (χ0v) is 10.8. The molecule has 1 aromatic rings. The molecule has 0 radical (unpaired) electrons.